The maximum absolute atomic E-state index is 9.92. The van der Waals surface area contributed by atoms with Crippen LogP contribution in [0.15, 0.2) is 0 Å². The Morgan fingerprint density at radius 3 is 0.774 bits per heavy atom. The summed E-state index contributed by atoms with van der Waals surface area (Å²) in [5, 5.41) is 29.8. The van der Waals surface area contributed by atoms with Crippen molar-refractivity contribution in [3.63, 3.8) is 0 Å². The van der Waals surface area contributed by atoms with Crippen LogP contribution in [0.3, 0.4) is 0 Å². The molecular formula is C24H45LaO6. The molecule has 0 aliphatic rings. The van der Waals surface area contributed by atoms with Gasteiger partial charge in [-0.3, -0.25) is 0 Å². The number of unbranched alkanes of at least 4 members (excludes halogenated alkanes) is 12. The van der Waals surface area contributed by atoms with Crippen LogP contribution < -0.4 is 15.3 Å². The van der Waals surface area contributed by atoms with Gasteiger partial charge in [0.2, 0.25) is 0 Å². The molecular weight excluding hydrogens is 523 g/mol. The second kappa shape index (κ2) is 34.2. The maximum atomic E-state index is 9.92. The molecule has 0 N–H and O–H groups in total. The number of hydrogen-bond acceptors (Lipinski definition) is 6. The Bertz CT molecular complexity index is 331. The number of aliphatic carboxylic acids is 3. The summed E-state index contributed by atoms with van der Waals surface area (Å²) in [4.78, 5) is 29.8. The first-order valence-electron chi connectivity index (χ1n) is 11.9. The average Bonchev–Trinajstić information content (AvgIpc) is 2.68. The van der Waals surface area contributed by atoms with Gasteiger partial charge in [-0.25, -0.2) is 0 Å². The first-order chi connectivity index (χ1) is 14.3. The summed E-state index contributed by atoms with van der Waals surface area (Å²) in [5.41, 5.74) is 0. The second-order valence-electron chi connectivity index (χ2n) is 7.61. The van der Waals surface area contributed by atoms with E-state index in [1.807, 2.05) is 0 Å². The van der Waals surface area contributed by atoms with E-state index < -0.39 is 17.9 Å². The number of carboxylic acid groups (broad SMARTS) is 3. The van der Waals surface area contributed by atoms with Crippen molar-refractivity contribution in [3.8, 4) is 0 Å². The van der Waals surface area contributed by atoms with Crippen LogP contribution in [-0.2, 0) is 14.4 Å². The molecule has 0 aromatic carbocycles. The van der Waals surface area contributed by atoms with E-state index in [0.29, 0.717) is 0 Å². The van der Waals surface area contributed by atoms with Gasteiger partial charge in [0.25, 0.3) is 0 Å². The minimum Gasteiger partial charge on any atom is -0.550 e. The summed E-state index contributed by atoms with van der Waals surface area (Å²) in [6.45, 7) is 6.41. The van der Waals surface area contributed by atoms with E-state index in [2.05, 4.69) is 20.8 Å². The molecule has 0 radical (unpaired) electrons. The monoisotopic (exact) mass is 568 g/mol. The fraction of sp³-hybridized carbons (Fsp3) is 0.875. The molecule has 0 bridgehead atoms. The number of carbonyl (C=O) groups excluding carboxylic acids is 3. The van der Waals surface area contributed by atoms with Gasteiger partial charge in [-0.1, -0.05) is 97.8 Å². The Labute approximate surface area is 218 Å². The van der Waals surface area contributed by atoms with E-state index in [1.165, 1.54) is 38.5 Å². The zero-order valence-corrected chi connectivity index (χ0v) is 23.9. The molecule has 0 saturated heterocycles. The summed E-state index contributed by atoms with van der Waals surface area (Å²) in [6, 6.07) is 0. The first kappa shape index (κ1) is 37.9. The van der Waals surface area contributed by atoms with Gasteiger partial charge in [-0.05, 0) is 38.5 Å². The zero-order chi connectivity index (χ0) is 23.5. The van der Waals surface area contributed by atoms with E-state index >= 15 is 0 Å². The molecule has 7 heteroatoms. The topological polar surface area (TPSA) is 120 Å². The quantitative estimate of drug-likeness (QED) is 0.234. The van der Waals surface area contributed by atoms with Crippen molar-refractivity contribution >= 4 is 17.9 Å². The van der Waals surface area contributed by atoms with Crippen LogP contribution in [0.2, 0.25) is 0 Å². The van der Waals surface area contributed by atoms with E-state index in [-0.39, 0.29) is 54.9 Å². The van der Waals surface area contributed by atoms with Crippen molar-refractivity contribution in [1.82, 2.24) is 0 Å². The number of hydrogen-bond donors (Lipinski definition) is 0. The largest absolute Gasteiger partial charge is 3.00 e. The fourth-order valence-corrected chi connectivity index (χ4v) is 2.62. The van der Waals surface area contributed by atoms with Crippen LogP contribution in [0.5, 0.6) is 0 Å². The van der Waals surface area contributed by atoms with E-state index in [9.17, 15) is 29.7 Å². The molecule has 0 aromatic rings. The predicted molar refractivity (Wildman–Crippen MR) is 115 cm³/mol. The molecule has 0 amide bonds. The minimum atomic E-state index is -0.920. The molecule has 31 heavy (non-hydrogen) atoms. The smallest absolute Gasteiger partial charge is 0.550 e. The van der Waals surface area contributed by atoms with Gasteiger partial charge in [-0.2, -0.15) is 0 Å². The minimum absolute atomic E-state index is 0. The Kier molecular flexibility index (Phi) is 41.8. The van der Waals surface area contributed by atoms with Gasteiger partial charge >= 0.3 is 35.6 Å². The van der Waals surface area contributed by atoms with Crippen LogP contribution in [0.4, 0.5) is 0 Å². The first-order valence-corrected chi connectivity index (χ1v) is 11.9. The average molecular weight is 569 g/mol. The molecule has 0 spiro atoms. The molecule has 0 aromatic heterocycles. The van der Waals surface area contributed by atoms with Crippen molar-refractivity contribution in [1.29, 1.82) is 0 Å². The van der Waals surface area contributed by atoms with Gasteiger partial charge in [-0.15, -0.1) is 0 Å². The molecule has 0 fully saturated rings. The molecule has 0 atom stereocenters. The van der Waals surface area contributed by atoms with Crippen LogP contribution >= 0.6 is 0 Å². The third-order valence-corrected chi connectivity index (χ3v) is 4.45. The molecule has 0 heterocycles. The normalized spacial score (nSPS) is 9.39. The van der Waals surface area contributed by atoms with E-state index in [4.69, 9.17) is 0 Å². The standard InChI is InChI=1S/3C8H16O2.La/c3*1-2-3-4-5-6-7-8(9)10;/h3*2-7H2,1H3,(H,9,10);/q;;;+3/p-3. The Hall–Kier alpha value is -0.395. The summed E-state index contributed by atoms with van der Waals surface area (Å²) < 4.78 is 0. The van der Waals surface area contributed by atoms with Crippen molar-refractivity contribution in [2.45, 2.75) is 136 Å². The third kappa shape index (κ3) is 53.1. The van der Waals surface area contributed by atoms with Crippen LogP contribution in [0, 0.1) is 35.6 Å². The summed E-state index contributed by atoms with van der Waals surface area (Å²) in [5.74, 6) is -2.76. The van der Waals surface area contributed by atoms with Gasteiger partial charge in [0, 0.05) is 17.9 Å². The summed E-state index contributed by atoms with van der Waals surface area (Å²) >= 11 is 0. The Morgan fingerprint density at radius 1 is 0.419 bits per heavy atom. The fourth-order valence-electron chi connectivity index (χ4n) is 2.62. The van der Waals surface area contributed by atoms with E-state index in [1.54, 1.807) is 0 Å². The van der Waals surface area contributed by atoms with Crippen LogP contribution in [-0.4, -0.2) is 17.9 Å². The molecule has 0 saturated carbocycles. The Balaban J connectivity index is -0.000000174. The number of rotatable bonds is 18. The zero-order valence-electron chi connectivity index (χ0n) is 20.3. The van der Waals surface area contributed by atoms with Crippen LogP contribution in [0.25, 0.3) is 0 Å². The third-order valence-electron chi connectivity index (χ3n) is 4.45. The molecule has 0 rings (SSSR count). The molecule has 0 unspecified atom stereocenters. The van der Waals surface area contributed by atoms with Gasteiger partial charge < -0.3 is 29.7 Å². The molecule has 180 valence electrons. The molecule has 6 nitrogen and oxygen atoms in total. The maximum Gasteiger partial charge on any atom is 3.00 e. The second-order valence-corrected chi connectivity index (χ2v) is 7.61. The van der Waals surface area contributed by atoms with Gasteiger partial charge in [0.05, 0.1) is 0 Å². The van der Waals surface area contributed by atoms with Crippen molar-refractivity contribution < 1.29 is 65.3 Å². The van der Waals surface area contributed by atoms with Crippen molar-refractivity contribution in [2.24, 2.45) is 0 Å². The summed E-state index contributed by atoms with van der Waals surface area (Å²) in [6.07, 6.45) is 16.8. The molecule has 0 aliphatic carbocycles. The Morgan fingerprint density at radius 2 is 0.613 bits per heavy atom. The number of carbonyl (C=O) groups is 3. The van der Waals surface area contributed by atoms with Gasteiger partial charge in [0.1, 0.15) is 0 Å². The molecule has 0 aliphatic heterocycles. The van der Waals surface area contributed by atoms with Gasteiger partial charge in [0.15, 0.2) is 0 Å². The van der Waals surface area contributed by atoms with Crippen molar-refractivity contribution in [2.75, 3.05) is 0 Å². The van der Waals surface area contributed by atoms with Crippen molar-refractivity contribution in [3.05, 3.63) is 0 Å². The summed E-state index contributed by atoms with van der Waals surface area (Å²) in [7, 11) is 0. The van der Waals surface area contributed by atoms with E-state index in [0.717, 1.165) is 57.8 Å². The number of carboxylic acids is 3. The SMILES string of the molecule is CCCCCCCC(=O)[O-].CCCCCCCC(=O)[O-].CCCCCCCC(=O)[O-].[La+3]. The predicted octanol–water partition coefficient (Wildman–Crippen LogP) is 3.29. The van der Waals surface area contributed by atoms with Crippen LogP contribution in [0.1, 0.15) is 136 Å².